The molecule has 0 bridgehead atoms. The van der Waals surface area contributed by atoms with Crippen molar-refractivity contribution in [2.24, 2.45) is 4.99 Å². The van der Waals surface area contributed by atoms with E-state index in [4.69, 9.17) is 19.2 Å². The highest BCUT2D eigenvalue weighted by atomic mass is 32.2. The summed E-state index contributed by atoms with van der Waals surface area (Å²) in [4.78, 5) is 48.8. The molecule has 0 spiro atoms. The molecule has 0 unspecified atom stereocenters. The van der Waals surface area contributed by atoms with Crippen molar-refractivity contribution >= 4 is 34.7 Å². The Morgan fingerprint density at radius 1 is 1.03 bits per heavy atom. The highest BCUT2D eigenvalue weighted by Gasteiger charge is 2.42. The number of nitrogens with zero attached hydrogens (tertiary/aromatic N) is 4. The Kier molecular flexibility index (Phi) is 8.29. The summed E-state index contributed by atoms with van der Waals surface area (Å²) in [5, 5.41) is 2.60. The Morgan fingerprint density at radius 3 is 2.26 bits per heavy atom. The van der Waals surface area contributed by atoms with E-state index in [1.165, 1.54) is 11.8 Å². The summed E-state index contributed by atoms with van der Waals surface area (Å²) in [6, 6.07) is 4.94. The highest BCUT2D eigenvalue weighted by molar-refractivity contribution is 8.16. The van der Waals surface area contributed by atoms with Crippen LogP contribution in [-0.4, -0.2) is 83.7 Å². The predicted octanol–water partition coefficient (Wildman–Crippen LogP) is 3.70. The first kappa shape index (κ1) is 28.5. The van der Waals surface area contributed by atoms with Gasteiger partial charge in [0.25, 0.3) is 0 Å². The predicted molar refractivity (Wildman–Crippen MR) is 149 cm³/mol. The molecule has 0 radical (unpaired) electrons. The van der Waals surface area contributed by atoms with Gasteiger partial charge in [-0.05, 0) is 50.8 Å². The lowest BCUT2D eigenvalue weighted by molar-refractivity contribution is -0.150. The maximum absolute atomic E-state index is 13.6. The van der Waals surface area contributed by atoms with E-state index in [2.05, 4.69) is 0 Å². The molecule has 11 heteroatoms. The van der Waals surface area contributed by atoms with Gasteiger partial charge in [-0.25, -0.2) is 9.79 Å². The molecule has 2 amide bonds. The molecule has 3 aliphatic rings. The van der Waals surface area contributed by atoms with Crippen LogP contribution in [0, 0.1) is 0 Å². The number of amidine groups is 1. The number of amides is 2. The maximum Gasteiger partial charge on any atom is 0.338 e. The monoisotopic (exact) mass is 556 g/mol. The standard InChI is InChI=1S/C28H36N4O6S/c1-17-24(26(35)38-28(3,4)5)25(19-8-9-21(36-6)22(14-19)37-7)32-20(16-39-27(32)29-17)15-23(34)31-12-10-30(11-13-31)18(2)33/h8-9,14,16,25H,10-13,15H2,1-7H3/t25-/m0/s1. The number of carbonyl (C=O) groups excluding carboxylic acids is 3. The summed E-state index contributed by atoms with van der Waals surface area (Å²) in [6.45, 7) is 10.8. The number of thioether (sulfide) groups is 1. The molecular formula is C28H36N4O6S. The summed E-state index contributed by atoms with van der Waals surface area (Å²) < 4.78 is 16.8. The lowest BCUT2D eigenvalue weighted by Crippen LogP contribution is -2.50. The average molecular weight is 557 g/mol. The third kappa shape index (κ3) is 6.08. The van der Waals surface area contributed by atoms with E-state index in [0.29, 0.717) is 54.1 Å². The number of benzene rings is 1. The Morgan fingerprint density at radius 2 is 1.67 bits per heavy atom. The number of aliphatic imine (C=N–C) groups is 1. The third-order valence-electron chi connectivity index (χ3n) is 6.75. The third-order valence-corrected chi connectivity index (χ3v) is 7.64. The smallest absolute Gasteiger partial charge is 0.338 e. The molecule has 210 valence electrons. The Balaban J connectivity index is 1.68. The van der Waals surface area contributed by atoms with Crippen LogP contribution in [0.4, 0.5) is 0 Å². The number of hydrogen-bond acceptors (Lipinski definition) is 9. The Labute approximate surface area is 233 Å². The molecule has 3 heterocycles. The molecule has 10 nitrogen and oxygen atoms in total. The number of esters is 1. The number of rotatable bonds is 6. The average Bonchev–Trinajstić information content (AvgIpc) is 3.27. The highest BCUT2D eigenvalue weighted by Crippen LogP contribution is 2.46. The molecule has 3 aliphatic heterocycles. The van der Waals surface area contributed by atoms with Crippen LogP contribution in [0.2, 0.25) is 0 Å². The topological polar surface area (TPSA) is 101 Å². The molecule has 0 aliphatic carbocycles. The van der Waals surface area contributed by atoms with Gasteiger partial charge in [0, 0.05) is 38.8 Å². The van der Waals surface area contributed by atoms with E-state index in [1.807, 2.05) is 43.2 Å². The van der Waals surface area contributed by atoms with Gasteiger partial charge in [0.15, 0.2) is 16.7 Å². The van der Waals surface area contributed by atoms with Gasteiger partial charge in [0.1, 0.15) is 5.60 Å². The van der Waals surface area contributed by atoms with Gasteiger partial charge in [0.05, 0.1) is 38.0 Å². The van der Waals surface area contributed by atoms with Crippen LogP contribution in [0.5, 0.6) is 11.5 Å². The van der Waals surface area contributed by atoms with Crippen molar-refractivity contribution in [2.75, 3.05) is 40.4 Å². The van der Waals surface area contributed by atoms with Crippen LogP contribution < -0.4 is 9.47 Å². The van der Waals surface area contributed by atoms with Crippen LogP contribution in [0.15, 0.2) is 45.6 Å². The molecule has 1 saturated heterocycles. The van der Waals surface area contributed by atoms with E-state index in [9.17, 15) is 14.4 Å². The molecular weight excluding hydrogens is 520 g/mol. The molecule has 1 atom stereocenters. The van der Waals surface area contributed by atoms with Crippen LogP contribution in [-0.2, 0) is 19.1 Å². The van der Waals surface area contributed by atoms with Crippen molar-refractivity contribution in [3.05, 3.63) is 46.1 Å². The second-order valence-corrected chi connectivity index (χ2v) is 11.4. The quantitative estimate of drug-likeness (QED) is 0.489. The van der Waals surface area contributed by atoms with Crippen molar-refractivity contribution in [1.82, 2.24) is 14.7 Å². The van der Waals surface area contributed by atoms with Gasteiger partial charge in [-0.2, -0.15) is 0 Å². The first-order chi connectivity index (χ1) is 18.4. The van der Waals surface area contributed by atoms with E-state index < -0.39 is 17.6 Å². The van der Waals surface area contributed by atoms with Crippen LogP contribution in [0.25, 0.3) is 0 Å². The lowest BCUT2D eigenvalue weighted by atomic mass is 9.93. The van der Waals surface area contributed by atoms with Crippen LogP contribution in [0.1, 0.15) is 52.6 Å². The van der Waals surface area contributed by atoms with E-state index in [-0.39, 0.29) is 18.2 Å². The molecule has 1 fully saturated rings. The first-order valence-corrected chi connectivity index (χ1v) is 13.7. The van der Waals surface area contributed by atoms with Crippen molar-refractivity contribution in [2.45, 2.75) is 52.7 Å². The first-order valence-electron chi connectivity index (χ1n) is 12.9. The van der Waals surface area contributed by atoms with Gasteiger partial charge in [-0.15, -0.1) is 0 Å². The molecule has 0 saturated carbocycles. The largest absolute Gasteiger partial charge is 0.493 e. The second-order valence-electron chi connectivity index (χ2n) is 10.6. The lowest BCUT2D eigenvalue weighted by Gasteiger charge is -2.38. The summed E-state index contributed by atoms with van der Waals surface area (Å²) in [6.07, 6.45) is 0.135. The van der Waals surface area contributed by atoms with Gasteiger partial charge >= 0.3 is 5.97 Å². The number of allylic oxidation sites excluding steroid dienone is 1. The molecule has 39 heavy (non-hydrogen) atoms. The summed E-state index contributed by atoms with van der Waals surface area (Å²) in [7, 11) is 3.13. The molecule has 0 aromatic heterocycles. The zero-order valence-electron chi connectivity index (χ0n) is 23.6. The molecule has 4 rings (SSSR count). The zero-order valence-corrected chi connectivity index (χ0v) is 24.4. The number of ether oxygens (including phenoxy) is 3. The summed E-state index contributed by atoms with van der Waals surface area (Å²) >= 11 is 1.42. The normalized spacial score (nSPS) is 19.4. The molecule has 0 N–H and O–H groups in total. The van der Waals surface area contributed by atoms with Crippen molar-refractivity contribution in [3.8, 4) is 11.5 Å². The van der Waals surface area contributed by atoms with Crippen LogP contribution >= 0.6 is 11.8 Å². The van der Waals surface area contributed by atoms with E-state index in [0.717, 1.165) is 11.3 Å². The number of fused-ring (bicyclic) bond motifs is 1. The number of carbonyl (C=O) groups is 3. The van der Waals surface area contributed by atoms with E-state index in [1.54, 1.807) is 43.9 Å². The van der Waals surface area contributed by atoms with Gasteiger partial charge in [-0.1, -0.05) is 17.8 Å². The minimum Gasteiger partial charge on any atom is -0.493 e. The minimum absolute atomic E-state index is 0.0146. The van der Waals surface area contributed by atoms with Gasteiger partial charge < -0.3 is 28.9 Å². The SMILES string of the molecule is COc1ccc([C@H]2C(C(=O)OC(C)(C)C)=C(C)N=C3SC=C(CC(=O)N4CCN(C(C)=O)CC4)N32)cc1OC. The number of methoxy groups -OCH3 is 2. The maximum atomic E-state index is 13.6. The molecule has 1 aromatic rings. The molecule has 1 aromatic carbocycles. The van der Waals surface area contributed by atoms with E-state index >= 15 is 0 Å². The van der Waals surface area contributed by atoms with Crippen molar-refractivity contribution in [3.63, 3.8) is 0 Å². The summed E-state index contributed by atoms with van der Waals surface area (Å²) in [5.41, 5.74) is 1.77. The summed E-state index contributed by atoms with van der Waals surface area (Å²) in [5.74, 6) is 0.600. The fraction of sp³-hybridized carbons (Fsp3) is 0.500. The fourth-order valence-corrected chi connectivity index (χ4v) is 5.80. The Hall–Kier alpha value is -3.47. The zero-order chi connectivity index (χ0) is 28.5. The van der Waals surface area contributed by atoms with Crippen LogP contribution in [0.3, 0.4) is 0 Å². The Bertz CT molecular complexity index is 1260. The second kappa shape index (κ2) is 11.3. The van der Waals surface area contributed by atoms with Crippen molar-refractivity contribution in [1.29, 1.82) is 0 Å². The van der Waals surface area contributed by atoms with Gasteiger partial charge in [-0.3, -0.25) is 9.59 Å². The fourth-order valence-electron chi connectivity index (χ4n) is 4.84. The number of hydrogen-bond donors (Lipinski definition) is 0. The van der Waals surface area contributed by atoms with Gasteiger partial charge in [0.2, 0.25) is 11.8 Å². The number of piperazine rings is 1. The minimum atomic E-state index is -0.701. The van der Waals surface area contributed by atoms with Crippen molar-refractivity contribution < 1.29 is 28.6 Å².